The van der Waals surface area contributed by atoms with Crippen molar-refractivity contribution in [1.82, 2.24) is 10.6 Å². The highest BCUT2D eigenvalue weighted by molar-refractivity contribution is 5.78. The first-order valence-electron chi connectivity index (χ1n) is 3.72. The van der Waals surface area contributed by atoms with E-state index in [0.717, 1.165) is 0 Å². The van der Waals surface area contributed by atoms with Crippen LogP contribution in [0.2, 0.25) is 0 Å². The zero-order valence-corrected chi connectivity index (χ0v) is 7.11. The largest absolute Gasteiger partial charge is 0.464 e. The van der Waals surface area contributed by atoms with Gasteiger partial charge in [-0.05, 0) is 13.0 Å². The SMILES string of the molecule is CCOC(=O)C1C=CNN1OC. The fourth-order valence-corrected chi connectivity index (χ4v) is 0.934. The van der Waals surface area contributed by atoms with Gasteiger partial charge < -0.3 is 10.2 Å². The van der Waals surface area contributed by atoms with Gasteiger partial charge in [-0.3, -0.25) is 4.84 Å². The second-order valence-corrected chi connectivity index (χ2v) is 2.19. The minimum Gasteiger partial charge on any atom is -0.464 e. The minimum absolute atomic E-state index is 0.319. The van der Waals surface area contributed by atoms with Crippen molar-refractivity contribution in [1.29, 1.82) is 0 Å². The molecule has 1 aliphatic heterocycles. The summed E-state index contributed by atoms with van der Waals surface area (Å²) in [6, 6.07) is -0.477. The van der Waals surface area contributed by atoms with Gasteiger partial charge in [-0.25, -0.2) is 4.79 Å². The van der Waals surface area contributed by atoms with Crippen LogP contribution >= 0.6 is 0 Å². The van der Waals surface area contributed by atoms with Gasteiger partial charge in [-0.15, -0.1) is 0 Å². The fourth-order valence-electron chi connectivity index (χ4n) is 0.934. The van der Waals surface area contributed by atoms with Gasteiger partial charge in [-0.2, -0.15) is 0 Å². The van der Waals surface area contributed by atoms with Crippen LogP contribution in [0.15, 0.2) is 12.3 Å². The molecule has 0 aromatic heterocycles. The van der Waals surface area contributed by atoms with E-state index in [1.54, 1.807) is 19.2 Å². The Labute approximate surface area is 70.9 Å². The van der Waals surface area contributed by atoms with Crippen molar-refractivity contribution < 1.29 is 14.4 Å². The lowest BCUT2D eigenvalue weighted by atomic mass is 10.3. The Morgan fingerprint density at radius 2 is 2.50 bits per heavy atom. The number of ether oxygens (including phenoxy) is 1. The van der Waals surface area contributed by atoms with Crippen molar-refractivity contribution in [2.24, 2.45) is 0 Å². The van der Waals surface area contributed by atoms with E-state index in [0.29, 0.717) is 6.61 Å². The maximum Gasteiger partial charge on any atom is 0.331 e. The normalized spacial score (nSPS) is 22.3. The van der Waals surface area contributed by atoms with E-state index in [9.17, 15) is 4.79 Å². The van der Waals surface area contributed by atoms with Crippen LogP contribution in [0.1, 0.15) is 6.92 Å². The van der Waals surface area contributed by atoms with E-state index in [1.165, 1.54) is 12.3 Å². The summed E-state index contributed by atoms with van der Waals surface area (Å²) < 4.78 is 4.81. The molecule has 0 amide bonds. The lowest BCUT2D eigenvalue weighted by Gasteiger charge is -2.19. The minimum atomic E-state index is -0.477. The summed E-state index contributed by atoms with van der Waals surface area (Å²) in [7, 11) is 1.48. The number of esters is 1. The standard InChI is InChI=1S/C7H12N2O3/c1-3-12-7(10)6-4-5-8-9(6)11-2/h4-6,8H,3H2,1-2H3. The second kappa shape index (κ2) is 4.08. The highest BCUT2D eigenvalue weighted by Gasteiger charge is 2.28. The molecule has 1 rings (SSSR count). The summed E-state index contributed by atoms with van der Waals surface area (Å²) in [6.45, 7) is 2.14. The van der Waals surface area contributed by atoms with Crippen molar-refractivity contribution in [3.05, 3.63) is 12.3 Å². The molecule has 5 heteroatoms. The van der Waals surface area contributed by atoms with Crippen molar-refractivity contribution in [2.75, 3.05) is 13.7 Å². The predicted molar refractivity (Wildman–Crippen MR) is 41.5 cm³/mol. The molecule has 12 heavy (non-hydrogen) atoms. The Balaban J connectivity index is 2.49. The van der Waals surface area contributed by atoms with E-state index >= 15 is 0 Å². The lowest BCUT2D eigenvalue weighted by Crippen LogP contribution is -2.42. The van der Waals surface area contributed by atoms with Crippen molar-refractivity contribution in [2.45, 2.75) is 13.0 Å². The molecule has 0 aromatic carbocycles. The lowest BCUT2D eigenvalue weighted by molar-refractivity contribution is -0.191. The molecule has 1 aliphatic rings. The Hall–Kier alpha value is -1.07. The molecule has 1 atom stereocenters. The molecule has 68 valence electrons. The molecule has 0 fully saturated rings. The molecular weight excluding hydrogens is 160 g/mol. The molecule has 0 aliphatic carbocycles. The topological polar surface area (TPSA) is 50.8 Å². The monoisotopic (exact) mass is 172 g/mol. The van der Waals surface area contributed by atoms with E-state index in [-0.39, 0.29) is 5.97 Å². The highest BCUT2D eigenvalue weighted by atomic mass is 16.7. The number of nitrogens with zero attached hydrogens (tertiary/aromatic N) is 1. The number of hydrogen-bond acceptors (Lipinski definition) is 5. The smallest absolute Gasteiger partial charge is 0.331 e. The molecule has 0 saturated heterocycles. The summed E-state index contributed by atoms with van der Waals surface area (Å²) in [6.07, 6.45) is 3.30. The number of hydroxylamine groups is 1. The first-order valence-corrected chi connectivity index (χ1v) is 3.72. The summed E-state index contributed by atoms with van der Waals surface area (Å²) in [4.78, 5) is 16.0. The van der Waals surface area contributed by atoms with Crippen molar-refractivity contribution in [3.8, 4) is 0 Å². The highest BCUT2D eigenvalue weighted by Crippen LogP contribution is 2.06. The number of carbonyl (C=O) groups excluding carboxylic acids is 1. The van der Waals surface area contributed by atoms with Crippen molar-refractivity contribution >= 4 is 5.97 Å². The maximum absolute atomic E-state index is 11.2. The molecule has 0 bridgehead atoms. The van der Waals surface area contributed by atoms with Gasteiger partial charge in [0.25, 0.3) is 0 Å². The first kappa shape index (κ1) is 9.02. The number of nitrogens with one attached hydrogen (secondary N) is 1. The number of carbonyl (C=O) groups is 1. The molecule has 1 N–H and O–H groups in total. The Kier molecular flexibility index (Phi) is 3.07. The number of hydrogen-bond donors (Lipinski definition) is 1. The molecule has 0 radical (unpaired) electrons. The number of hydrazine groups is 1. The average Bonchev–Trinajstić information content (AvgIpc) is 2.51. The third-order valence-electron chi connectivity index (χ3n) is 1.46. The van der Waals surface area contributed by atoms with Gasteiger partial charge in [0.1, 0.15) is 0 Å². The summed E-state index contributed by atoms with van der Waals surface area (Å²) in [5.74, 6) is -0.319. The van der Waals surface area contributed by atoms with Crippen molar-refractivity contribution in [3.63, 3.8) is 0 Å². The third kappa shape index (κ3) is 1.75. The molecule has 0 saturated carbocycles. The molecule has 5 nitrogen and oxygen atoms in total. The van der Waals surface area contributed by atoms with Crippen LogP contribution in [-0.4, -0.2) is 30.9 Å². The fraction of sp³-hybridized carbons (Fsp3) is 0.571. The zero-order valence-electron chi connectivity index (χ0n) is 7.11. The van der Waals surface area contributed by atoms with Crippen LogP contribution in [0.25, 0.3) is 0 Å². The maximum atomic E-state index is 11.2. The Bertz CT molecular complexity index is 193. The van der Waals surface area contributed by atoms with Crippen LogP contribution in [-0.2, 0) is 14.4 Å². The van der Waals surface area contributed by atoms with E-state index in [1.807, 2.05) is 0 Å². The molecular formula is C7H12N2O3. The van der Waals surface area contributed by atoms with Crippen LogP contribution in [0.4, 0.5) is 0 Å². The van der Waals surface area contributed by atoms with Crippen LogP contribution in [0.5, 0.6) is 0 Å². The molecule has 0 spiro atoms. The Morgan fingerprint density at radius 3 is 3.08 bits per heavy atom. The number of rotatable bonds is 3. The summed E-state index contributed by atoms with van der Waals surface area (Å²) >= 11 is 0. The van der Waals surface area contributed by atoms with Gasteiger partial charge in [0, 0.05) is 6.20 Å². The molecule has 1 heterocycles. The second-order valence-electron chi connectivity index (χ2n) is 2.19. The summed E-state index contributed by atoms with van der Waals surface area (Å²) in [5, 5.41) is 1.32. The Morgan fingerprint density at radius 1 is 1.75 bits per heavy atom. The quantitative estimate of drug-likeness (QED) is 0.598. The van der Waals surface area contributed by atoms with Gasteiger partial charge in [-0.1, -0.05) is 5.17 Å². The third-order valence-corrected chi connectivity index (χ3v) is 1.46. The predicted octanol–water partition coefficient (Wildman–Crippen LogP) is -0.187. The van der Waals surface area contributed by atoms with Crippen LogP contribution in [0, 0.1) is 0 Å². The zero-order chi connectivity index (χ0) is 8.97. The van der Waals surface area contributed by atoms with Gasteiger partial charge in [0.05, 0.1) is 13.7 Å². The van der Waals surface area contributed by atoms with Gasteiger partial charge in [0.15, 0.2) is 6.04 Å². The van der Waals surface area contributed by atoms with E-state index < -0.39 is 6.04 Å². The van der Waals surface area contributed by atoms with E-state index in [4.69, 9.17) is 9.57 Å². The molecule has 0 aromatic rings. The van der Waals surface area contributed by atoms with E-state index in [2.05, 4.69) is 5.43 Å². The van der Waals surface area contributed by atoms with Crippen LogP contribution < -0.4 is 5.43 Å². The van der Waals surface area contributed by atoms with Gasteiger partial charge in [0.2, 0.25) is 0 Å². The van der Waals surface area contributed by atoms with Gasteiger partial charge >= 0.3 is 5.97 Å². The average molecular weight is 172 g/mol. The molecule has 1 unspecified atom stereocenters. The van der Waals surface area contributed by atoms with Crippen LogP contribution in [0.3, 0.4) is 0 Å². The first-order chi connectivity index (χ1) is 5.79. The summed E-state index contributed by atoms with van der Waals surface area (Å²) in [5.41, 5.74) is 2.73.